The molecule has 0 saturated heterocycles. The Labute approximate surface area is 192 Å². The lowest BCUT2D eigenvalue weighted by Crippen LogP contribution is -2.38. The smallest absolute Gasteiger partial charge is 0.186 e. The molecule has 3 aromatic rings. The van der Waals surface area contributed by atoms with Crippen LogP contribution in [0.3, 0.4) is 0 Å². The quantitative estimate of drug-likeness (QED) is 0.377. The minimum absolute atomic E-state index is 0.0115. The van der Waals surface area contributed by atoms with Gasteiger partial charge in [-0.05, 0) is 54.8 Å². The number of hydrogen-bond donors (Lipinski definition) is 3. The molecule has 1 aliphatic carbocycles. The first kappa shape index (κ1) is 21.9. The molecule has 7 nitrogen and oxygen atoms in total. The lowest BCUT2D eigenvalue weighted by molar-refractivity contribution is 0.405. The van der Waals surface area contributed by atoms with Crippen molar-refractivity contribution in [3.05, 3.63) is 58.9 Å². The maximum absolute atomic E-state index is 5.98. The summed E-state index contributed by atoms with van der Waals surface area (Å²) in [4.78, 5) is 14.0. The number of guanidine groups is 1. The average Bonchev–Trinajstić information content (AvgIpc) is 2.79. The molecule has 0 radical (unpaired) electrons. The van der Waals surface area contributed by atoms with Crippen molar-refractivity contribution in [2.75, 3.05) is 12.4 Å². The van der Waals surface area contributed by atoms with Crippen LogP contribution in [-0.4, -0.2) is 35.1 Å². The van der Waals surface area contributed by atoms with Crippen molar-refractivity contribution in [1.29, 1.82) is 0 Å². The zero-order chi connectivity index (χ0) is 22.5. The summed E-state index contributed by atoms with van der Waals surface area (Å²) in [7, 11) is 1.65. The van der Waals surface area contributed by atoms with Gasteiger partial charge in [0.1, 0.15) is 11.6 Å². The first-order chi connectivity index (χ1) is 15.5. The van der Waals surface area contributed by atoms with E-state index in [0.29, 0.717) is 10.8 Å². The van der Waals surface area contributed by atoms with Gasteiger partial charge in [0.15, 0.2) is 11.8 Å². The van der Waals surface area contributed by atoms with Crippen LogP contribution >= 0.6 is 11.6 Å². The maximum atomic E-state index is 5.98. The third-order valence-corrected chi connectivity index (χ3v) is 5.83. The second-order valence-corrected chi connectivity index (χ2v) is 8.29. The van der Waals surface area contributed by atoms with E-state index in [0.717, 1.165) is 53.7 Å². The third kappa shape index (κ3) is 5.29. The Bertz CT molecular complexity index is 1140. The van der Waals surface area contributed by atoms with E-state index in [4.69, 9.17) is 37.8 Å². The number of aromatic nitrogens is 2. The molecule has 2 atom stereocenters. The molecule has 0 spiro atoms. The van der Waals surface area contributed by atoms with Gasteiger partial charge in [-0.3, -0.25) is 0 Å². The standard InChI is InChI=1S/C24H27ClN6O/c1-32-17-11-12-19-18(14-17)23(29-20-4-2-3-5-21(20)30-24(26)27)31-22(28-19)13-8-15-6-9-16(25)10-7-15/h6-14,20-21H,2-5H2,1H3,(H4,26,27,30)(H,28,29,31)/b13-8+/t20-,21+/m1/s1. The molecule has 0 unspecified atom stereocenters. The van der Waals surface area contributed by atoms with Crippen LogP contribution in [0, 0.1) is 0 Å². The number of aliphatic imine (C=N–C) groups is 1. The molecule has 4 rings (SSSR count). The topological polar surface area (TPSA) is 111 Å². The summed E-state index contributed by atoms with van der Waals surface area (Å²) >= 11 is 5.98. The number of nitrogens with two attached hydrogens (primary N) is 2. The van der Waals surface area contributed by atoms with E-state index in [1.54, 1.807) is 7.11 Å². The van der Waals surface area contributed by atoms with Gasteiger partial charge in [-0.15, -0.1) is 0 Å². The molecule has 1 fully saturated rings. The van der Waals surface area contributed by atoms with E-state index < -0.39 is 0 Å². The first-order valence-corrected chi connectivity index (χ1v) is 11.0. The van der Waals surface area contributed by atoms with Crippen LogP contribution in [0.4, 0.5) is 5.82 Å². The lowest BCUT2D eigenvalue weighted by atomic mass is 9.90. The van der Waals surface area contributed by atoms with Gasteiger partial charge in [-0.25, -0.2) is 15.0 Å². The van der Waals surface area contributed by atoms with E-state index >= 15 is 0 Å². The van der Waals surface area contributed by atoms with Crippen LogP contribution in [0.5, 0.6) is 5.75 Å². The predicted molar refractivity (Wildman–Crippen MR) is 132 cm³/mol. The number of halogens is 1. The second-order valence-electron chi connectivity index (χ2n) is 7.85. The summed E-state index contributed by atoms with van der Waals surface area (Å²) in [5.41, 5.74) is 13.2. The van der Waals surface area contributed by atoms with E-state index in [1.807, 2.05) is 54.6 Å². The van der Waals surface area contributed by atoms with Crippen LogP contribution in [-0.2, 0) is 0 Å². The minimum Gasteiger partial charge on any atom is -0.497 e. The normalized spacial score (nSPS) is 18.6. The van der Waals surface area contributed by atoms with Gasteiger partial charge in [0.2, 0.25) is 0 Å². The average molecular weight is 451 g/mol. The highest BCUT2D eigenvalue weighted by molar-refractivity contribution is 6.30. The van der Waals surface area contributed by atoms with Gasteiger partial charge in [-0.1, -0.05) is 42.7 Å². The molecular formula is C24H27ClN6O. The number of nitrogens with one attached hydrogen (secondary N) is 1. The fourth-order valence-electron chi connectivity index (χ4n) is 3.98. The Hall–Kier alpha value is -3.32. The van der Waals surface area contributed by atoms with Crippen LogP contribution < -0.4 is 21.5 Å². The first-order valence-electron chi connectivity index (χ1n) is 10.7. The van der Waals surface area contributed by atoms with E-state index in [9.17, 15) is 0 Å². The number of nitrogens with zero attached hydrogens (tertiary/aromatic N) is 3. The second kappa shape index (κ2) is 9.87. The number of benzene rings is 2. The Morgan fingerprint density at radius 1 is 1.09 bits per heavy atom. The summed E-state index contributed by atoms with van der Waals surface area (Å²) in [6.07, 6.45) is 7.98. The number of methoxy groups -OCH3 is 1. The van der Waals surface area contributed by atoms with Crippen LogP contribution in [0.2, 0.25) is 5.02 Å². The van der Waals surface area contributed by atoms with Gasteiger partial charge < -0.3 is 21.5 Å². The third-order valence-electron chi connectivity index (χ3n) is 5.58. The minimum atomic E-state index is 0.0115. The molecule has 2 aromatic carbocycles. The zero-order valence-corrected chi connectivity index (χ0v) is 18.7. The molecule has 1 heterocycles. The van der Waals surface area contributed by atoms with Crippen LogP contribution in [0.25, 0.3) is 23.1 Å². The highest BCUT2D eigenvalue weighted by Crippen LogP contribution is 2.30. The Morgan fingerprint density at radius 3 is 2.62 bits per heavy atom. The van der Waals surface area contributed by atoms with Crippen molar-refractivity contribution in [2.45, 2.75) is 37.8 Å². The molecule has 1 aliphatic rings. The molecule has 8 heteroatoms. The summed E-state index contributed by atoms with van der Waals surface area (Å²) < 4.78 is 5.42. The van der Waals surface area contributed by atoms with E-state index in [2.05, 4.69) is 10.3 Å². The highest BCUT2D eigenvalue weighted by atomic mass is 35.5. The Balaban J connectivity index is 1.71. The van der Waals surface area contributed by atoms with Gasteiger partial charge in [0, 0.05) is 10.4 Å². The molecule has 0 amide bonds. The maximum Gasteiger partial charge on any atom is 0.186 e. The zero-order valence-electron chi connectivity index (χ0n) is 18.0. The van der Waals surface area contributed by atoms with Crippen molar-refractivity contribution < 1.29 is 4.74 Å². The van der Waals surface area contributed by atoms with Gasteiger partial charge in [0.25, 0.3) is 0 Å². The summed E-state index contributed by atoms with van der Waals surface area (Å²) in [5, 5.41) is 5.19. The fraction of sp³-hybridized carbons (Fsp3) is 0.292. The molecule has 166 valence electrons. The SMILES string of the molecule is COc1ccc2nc(/C=C/c3ccc(Cl)cc3)nc(N[C@@H]3CCCC[C@@H]3N=C(N)N)c2c1. The molecule has 32 heavy (non-hydrogen) atoms. The fourth-order valence-corrected chi connectivity index (χ4v) is 4.11. The van der Waals surface area contributed by atoms with Gasteiger partial charge in [-0.2, -0.15) is 0 Å². The van der Waals surface area contributed by atoms with Gasteiger partial charge >= 0.3 is 0 Å². The summed E-state index contributed by atoms with van der Waals surface area (Å²) in [6.45, 7) is 0. The number of hydrogen-bond acceptors (Lipinski definition) is 5. The summed E-state index contributed by atoms with van der Waals surface area (Å²) in [6, 6.07) is 13.5. The van der Waals surface area contributed by atoms with Crippen molar-refractivity contribution in [3.8, 4) is 5.75 Å². The van der Waals surface area contributed by atoms with Gasteiger partial charge in [0.05, 0.1) is 24.7 Å². The molecule has 1 saturated carbocycles. The summed E-state index contributed by atoms with van der Waals surface area (Å²) in [5.74, 6) is 2.21. The monoisotopic (exact) mass is 450 g/mol. The van der Waals surface area contributed by atoms with Crippen molar-refractivity contribution in [1.82, 2.24) is 9.97 Å². The lowest BCUT2D eigenvalue weighted by Gasteiger charge is -2.30. The molecular weight excluding hydrogens is 424 g/mol. The van der Waals surface area contributed by atoms with Crippen LogP contribution in [0.1, 0.15) is 37.1 Å². The highest BCUT2D eigenvalue weighted by Gasteiger charge is 2.26. The number of ether oxygens (including phenoxy) is 1. The van der Waals surface area contributed by atoms with E-state index in [-0.39, 0.29) is 18.0 Å². The van der Waals surface area contributed by atoms with Crippen molar-refractivity contribution in [3.63, 3.8) is 0 Å². The Kier molecular flexibility index (Phi) is 6.75. The molecule has 0 aliphatic heterocycles. The Morgan fingerprint density at radius 2 is 1.88 bits per heavy atom. The van der Waals surface area contributed by atoms with Crippen molar-refractivity contribution in [2.24, 2.45) is 16.5 Å². The number of rotatable bonds is 6. The number of anilines is 1. The predicted octanol–water partition coefficient (Wildman–Crippen LogP) is 4.46. The molecule has 5 N–H and O–H groups in total. The number of fused-ring (bicyclic) bond motifs is 1. The molecule has 0 bridgehead atoms. The molecule has 1 aromatic heterocycles. The van der Waals surface area contributed by atoms with Crippen molar-refractivity contribution >= 4 is 46.4 Å². The van der Waals surface area contributed by atoms with Crippen LogP contribution in [0.15, 0.2) is 47.5 Å². The largest absolute Gasteiger partial charge is 0.497 e. The van der Waals surface area contributed by atoms with E-state index in [1.165, 1.54) is 0 Å².